The molecule has 0 spiro atoms. The van der Waals surface area contributed by atoms with Gasteiger partial charge in [0.25, 0.3) is 5.56 Å². The van der Waals surface area contributed by atoms with E-state index < -0.39 is 15.6 Å². The lowest BCUT2D eigenvalue weighted by Gasteiger charge is -2.31. The van der Waals surface area contributed by atoms with Crippen LogP contribution in [0.3, 0.4) is 0 Å². The van der Waals surface area contributed by atoms with Crippen molar-refractivity contribution in [2.45, 2.75) is 44.6 Å². The molecule has 3 aromatic rings. The van der Waals surface area contributed by atoms with E-state index in [9.17, 15) is 13.2 Å². The lowest BCUT2D eigenvalue weighted by molar-refractivity contribution is 0.144. The highest BCUT2D eigenvalue weighted by molar-refractivity contribution is 7.89. The molecule has 0 saturated carbocycles. The van der Waals surface area contributed by atoms with E-state index in [0.29, 0.717) is 51.3 Å². The van der Waals surface area contributed by atoms with Gasteiger partial charge < -0.3 is 19.4 Å². The van der Waals surface area contributed by atoms with Crippen LogP contribution in [0.5, 0.6) is 5.88 Å². The second-order valence-corrected chi connectivity index (χ2v) is 11.0. The smallest absolute Gasteiger partial charge is 0.279 e. The summed E-state index contributed by atoms with van der Waals surface area (Å²) < 4.78 is 41.0. The van der Waals surface area contributed by atoms with Crippen LogP contribution in [0.25, 0.3) is 22.4 Å². The molecule has 0 radical (unpaired) electrons. The summed E-state index contributed by atoms with van der Waals surface area (Å²) in [4.78, 5) is 27.0. The highest BCUT2D eigenvalue weighted by Gasteiger charge is 2.29. The minimum absolute atomic E-state index is 0.0169. The van der Waals surface area contributed by atoms with Crippen molar-refractivity contribution in [3.05, 3.63) is 28.3 Å². The van der Waals surface area contributed by atoms with Gasteiger partial charge in [0.05, 0.1) is 24.1 Å². The van der Waals surface area contributed by atoms with Gasteiger partial charge in [-0.25, -0.2) is 18.4 Å². The Bertz CT molecular complexity index is 1390. The lowest BCUT2D eigenvalue weighted by Crippen LogP contribution is -2.47. The summed E-state index contributed by atoms with van der Waals surface area (Å²) in [6, 6.07) is 1.47. The summed E-state index contributed by atoms with van der Waals surface area (Å²) in [6.45, 7) is 7.35. The summed E-state index contributed by atoms with van der Waals surface area (Å²) in [5.41, 5.74) is 1.49. The molecule has 1 N–H and O–H groups in total. The van der Waals surface area contributed by atoms with Crippen LogP contribution in [0.4, 0.5) is 0 Å². The number of aromatic amines is 1. The van der Waals surface area contributed by atoms with Gasteiger partial charge in [0.15, 0.2) is 5.52 Å². The maximum absolute atomic E-state index is 13.4. The van der Waals surface area contributed by atoms with E-state index in [-0.39, 0.29) is 34.3 Å². The molecule has 0 unspecified atom stereocenters. The number of aromatic nitrogens is 5. The van der Waals surface area contributed by atoms with Gasteiger partial charge in [-0.1, -0.05) is 20.3 Å². The second-order valence-electron chi connectivity index (χ2n) is 9.06. The lowest BCUT2D eigenvalue weighted by atomic mass is 10.2. The zero-order valence-electron chi connectivity index (χ0n) is 21.9. The zero-order chi connectivity index (χ0) is 26.6. The van der Waals surface area contributed by atoms with E-state index in [0.717, 1.165) is 18.5 Å². The van der Waals surface area contributed by atoms with E-state index in [1.807, 2.05) is 18.7 Å². The molecule has 4 heterocycles. The first-order chi connectivity index (χ1) is 17.8. The molecule has 0 aliphatic carbocycles. The van der Waals surface area contributed by atoms with Gasteiger partial charge in [0, 0.05) is 39.8 Å². The number of hydrogen-bond acceptors (Lipinski definition) is 9. The fraction of sp³-hybridized carbons (Fsp3) is 0.583. The third-order valence-corrected chi connectivity index (χ3v) is 8.33. The van der Waals surface area contributed by atoms with E-state index in [1.165, 1.54) is 16.6 Å². The number of piperazine rings is 1. The molecule has 1 fully saturated rings. The number of pyridine rings is 1. The molecule has 3 aromatic heterocycles. The Kier molecular flexibility index (Phi) is 8.57. The van der Waals surface area contributed by atoms with E-state index in [2.05, 4.69) is 26.9 Å². The first-order valence-corrected chi connectivity index (χ1v) is 14.0. The minimum atomic E-state index is -3.80. The number of fused-ring (bicyclic) bond motifs is 1. The molecule has 12 nitrogen and oxygen atoms in total. The highest BCUT2D eigenvalue weighted by atomic mass is 32.2. The SMILES string of the molecule is CCCCn1nc2c(=O)[nH]c(-c3cc(S(=O)(=O)N4CCN(C)CC4)cnc3OCCOC)nc2c1CC. The zero-order valence-corrected chi connectivity index (χ0v) is 22.7. The van der Waals surface area contributed by atoms with Crippen molar-refractivity contribution in [2.24, 2.45) is 0 Å². The van der Waals surface area contributed by atoms with Crippen LogP contribution in [0.2, 0.25) is 0 Å². The predicted molar refractivity (Wildman–Crippen MR) is 139 cm³/mol. The van der Waals surface area contributed by atoms with Crippen molar-refractivity contribution in [1.29, 1.82) is 0 Å². The molecular weight excluding hydrogens is 498 g/mol. The molecule has 1 saturated heterocycles. The van der Waals surface area contributed by atoms with E-state index >= 15 is 0 Å². The average Bonchev–Trinajstić information content (AvgIpc) is 3.25. The van der Waals surface area contributed by atoms with Gasteiger partial charge in [-0.2, -0.15) is 9.40 Å². The number of nitrogens with one attached hydrogen (secondary N) is 1. The van der Waals surface area contributed by atoms with Crippen molar-refractivity contribution in [2.75, 3.05) is 53.6 Å². The Hall–Kier alpha value is -2.87. The van der Waals surface area contributed by atoms with Crippen LogP contribution in [0, 0.1) is 0 Å². The number of aryl methyl sites for hydroxylation is 2. The average molecular weight is 534 g/mol. The molecule has 13 heteroatoms. The summed E-state index contributed by atoms with van der Waals surface area (Å²) in [6.07, 6.45) is 3.86. The maximum Gasteiger partial charge on any atom is 0.279 e. The third-order valence-electron chi connectivity index (χ3n) is 6.47. The van der Waals surface area contributed by atoms with Crippen molar-refractivity contribution >= 4 is 21.1 Å². The van der Waals surface area contributed by atoms with Gasteiger partial charge >= 0.3 is 0 Å². The van der Waals surface area contributed by atoms with Crippen LogP contribution in [0.15, 0.2) is 22.0 Å². The fourth-order valence-corrected chi connectivity index (χ4v) is 5.69. The molecule has 1 aliphatic heterocycles. The number of sulfonamides is 1. The van der Waals surface area contributed by atoms with Gasteiger partial charge in [-0.05, 0) is 26.0 Å². The largest absolute Gasteiger partial charge is 0.475 e. The number of ether oxygens (including phenoxy) is 2. The first-order valence-electron chi connectivity index (χ1n) is 12.6. The number of unbranched alkanes of at least 4 members (excludes halogenated alkanes) is 1. The number of H-pyrrole nitrogens is 1. The van der Waals surface area contributed by atoms with Crippen molar-refractivity contribution in [3.8, 4) is 17.3 Å². The summed E-state index contributed by atoms with van der Waals surface area (Å²) in [5, 5.41) is 4.50. The van der Waals surface area contributed by atoms with Crippen LogP contribution >= 0.6 is 0 Å². The van der Waals surface area contributed by atoms with Crippen LogP contribution < -0.4 is 10.3 Å². The molecule has 202 valence electrons. The Morgan fingerprint density at radius 3 is 2.54 bits per heavy atom. The van der Waals surface area contributed by atoms with Gasteiger partial charge in [0.1, 0.15) is 22.8 Å². The summed E-state index contributed by atoms with van der Waals surface area (Å²) >= 11 is 0. The Labute approximate surface area is 216 Å². The van der Waals surface area contributed by atoms with Crippen LogP contribution in [-0.4, -0.2) is 95.9 Å². The van der Waals surface area contributed by atoms with Gasteiger partial charge in [0.2, 0.25) is 15.9 Å². The Morgan fingerprint density at radius 2 is 1.86 bits per heavy atom. The Morgan fingerprint density at radius 1 is 1.11 bits per heavy atom. The van der Waals surface area contributed by atoms with E-state index in [4.69, 9.17) is 14.5 Å². The summed E-state index contributed by atoms with van der Waals surface area (Å²) in [7, 11) is -0.286. The topological polar surface area (TPSA) is 136 Å². The highest BCUT2D eigenvalue weighted by Crippen LogP contribution is 2.30. The number of rotatable bonds is 11. The first kappa shape index (κ1) is 27.2. The standard InChI is InChI=1S/C24H35N7O5S/c1-5-7-8-31-19(6-2)20-21(28-31)23(32)27-22(26-20)18-15-17(16-25-24(18)36-14-13-35-4)37(33,34)30-11-9-29(3)10-12-30/h15-16H,5-14H2,1-4H3,(H,26,27,32). The minimum Gasteiger partial charge on any atom is -0.475 e. The molecular formula is C24H35N7O5S. The van der Waals surface area contributed by atoms with Crippen molar-refractivity contribution < 1.29 is 17.9 Å². The predicted octanol–water partition coefficient (Wildman–Crippen LogP) is 1.51. The van der Waals surface area contributed by atoms with Gasteiger partial charge in [-0.3, -0.25) is 9.48 Å². The molecule has 4 rings (SSSR count). The van der Waals surface area contributed by atoms with Crippen LogP contribution in [0.1, 0.15) is 32.4 Å². The summed E-state index contributed by atoms with van der Waals surface area (Å²) in [5.74, 6) is 0.339. The molecule has 0 amide bonds. The van der Waals surface area contributed by atoms with Crippen molar-refractivity contribution in [3.63, 3.8) is 0 Å². The number of nitrogens with zero attached hydrogens (tertiary/aromatic N) is 6. The monoisotopic (exact) mass is 533 g/mol. The molecule has 1 aliphatic rings. The Balaban J connectivity index is 1.82. The van der Waals surface area contributed by atoms with Crippen LogP contribution in [-0.2, 0) is 27.7 Å². The third kappa shape index (κ3) is 5.69. The normalized spacial score (nSPS) is 15.5. The van der Waals surface area contributed by atoms with E-state index in [1.54, 1.807) is 7.11 Å². The molecule has 0 bridgehead atoms. The molecule has 0 atom stereocenters. The van der Waals surface area contributed by atoms with Crippen molar-refractivity contribution in [1.82, 2.24) is 33.9 Å². The number of methoxy groups -OCH3 is 1. The molecule has 0 aromatic carbocycles. The number of hydrogen-bond donors (Lipinski definition) is 1. The fourth-order valence-electron chi connectivity index (χ4n) is 4.29. The quantitative estimate of drug-likeness (QED) is 0.364. The maximum atomic E-state index is 13.4. The number of likely N-dealkylation sites (N-methyl/N-ethyl adjacent to an activating group) is 1. The molecule has 37 heavy (non-hydrogen) atoms. The second kappa shape index (κ2) is 11.7. The van der Waals surface area contributed by atoms with Gasteiger partial charge in [-0.15, -0.1) is 0 Å².